The summed E-state index contributed by atoms with van der Waals surface area (Å²) in [4.78, 5) is 10.0. The molecule has 0 amide bonds. The Balaban J connectivity index is -0.000000220. The van der Waals surface area contributed by atoms with Crippen LogP contribution in [-0.4, -0.2) is 23.7 Å². The number of carboxylic acids is 1. The Bertz CT molecular complexity index is 160. The number of rotatable bonds is 4. The van der Waals surface area contributed by atoms with Gasteiger partial charge in [-0.3, -0.25) is 4.79 Å². The Morgan fingerprint density at radius 1 is 1.69 bits per heavy atom. The summed E-state index contributed by atoms with van der Waals surface area (Å²) in [6, 6.07) is -0.742. The normalized spacial score (nSPS) is 9.62. The summed E-state index contributed by atoms with van der Waals surface area (Å²) in [5, 5.41) is 23.2. The molecule has 0 unspecified atom stereocenters. The molecule has 7 heteroatoms. The molecule has 0 aromatic rings. The molecule has 0 rings (SSSR count). The molecule has 0 aliphatic carbocycles. The predicted octanol–water partition coefficient (Wildman–Crippen LogP) is -5.03. The van der Waals surface area contributed by atoms with E-state index in [0.717, 1.165) is 0 Å². The van der Waals surface area contributed by atoms with Crippen LogP contribution in [0.2, 0.25) is 0 Å². The summed E-state index contributed by atoms with van der Waals surface area (Å²) in [6.45, 7) is 0.501. The molecule has 1 atom stereocenters. The van der Waals surface area contributed by atoms with E-state index in [1.165, 1.54) is 0 Å². The van der Waals surface area contributed by atoms with Gasteiger partial charge in [-0.05, 0) is 19.4 Å². The first-order valence-electron chi connectivity index (χ1n) is 3.29. The zero-order valence-electron chi connectivity index (χ0n) is 7.56. The third-order valence-electron chi connectivity index (χ3n) is 1.04. The maximum absolute atomic E-state index is 10.0. The Labute approximate surface area is 119 Å². The Hall–Kier alpha value is 0.316. The van der Waals surface area contributed by atoms with Gasteiger partial charge in [-0.25, -0.2) is 5.26 Å². The molecule has 0 fully saturated rings. The van der Waals surface area contributed by atoms with Gasteiger partial charge in [-0.15, -0.1) is 0 Å². The van der Waals surface area contributed by atoms with Crippen molar-refractivity contribution in [2.75, 3.05) is 6.54 Å². The monoisotopic (exact) mass is 213 g/mol. The number of nitriles is 1. The van der Waals surface area contributed by atoms with Gasteiger partial charge >= 0.3 is 57.4 Å². The van der Waals surface area contributed by atoms with Crippen LogP contribution in [0.1, 0.15) is 12.8 Å². The van der Waals surface area contributed by atoms with Crippen LogP contribution in [0.5, 0.6) is 0 Å². The maximum atomic E-state index is 10.0. The SMILES string of the molecule is N#C[O-].NCCC[C@H](N)C(=O)O.[K+]. The van der Waals surface area contributed by atoms with Crippen molar-refractivity contribution in [2.45, 2.75) is 18.9 Å². The second kappa shape index (κ2) is 14.8. The molecule has 0 saturated heterocycles. The van der Waals surface area contributed by atoms with E-state index in [4.69, 9.17) is 26.9 Å². The first kappa shape index (κ1) is 19.0. The molecule has 0 spiro atoms. The van der Waals surface area contributed by atoms with Crippen molar-refractivity contribution >= 4 is 5.97 Å². The average molecular weight is 213 g/mol. The zero-order chi connectivity index (χ0) is 9.98. The first-order valence-corrected chi connectivity index (χ1v) is 3.29. The predicted molar refractivity (Wildman–Crippen MR) is 39.5 cm³/mol. The van der Waals surface area contributed by atoms with E-state index in [-0.39, 0.29) is 51.4 Å². The van der Waals surface area contributed by atoms with Gasteiger partial charge in [-0.2, -0.15) is 0 Å². The van der Waals surface area contributed by atoms with Crippen LogP contribution in [0.3, 0.4) is 0 Å². The molecule has 0 heterocycles. The van der Waals surface area contributed by atoms with Crippen LogP contribution in [0, 0.1) is 11.5 Å². The summed E-state index contributed by atoms with van der Waals surface area (Å²) in [6.07, 6.45) is 1.64. The Morgan fingerprint density at radius 2 is 2.08 bits per heavy atom. The van der Waals surface area contributed by atoms with Gasteiger partial charge in [0.05, 0.1) is 0 Å². The number of aliphatic carboxylic acids is 1. The van der Waals surface area contributed by atoms with E-state index in [9.17, 15) is 4.79 Å². The van der Waals surface area contributed by atoms with Crippen LogP contribution in [0.4, 0.5) is 0 Å². The number of nitrogens with zero attached hydrogens (tertiary/aromatic N) is 1. The minimum Gasteiger partial charge on any atom is -0.812 e. The molecule has 13 heavy (non-hydrogen) atoms. The number of carboxylic acid groups (broad SMARTS) is 1. The molecule has 6 nitrogen and oxygen atoms in total. The number of carbonyl (C=O) groups is 1. The van der Waals surface area contributed by atoms with Crippen LogP contribution in [0.25, 0.3) is 0 Å². The smallest absolute Gasteiger partial charge is 0.812 e. The van der Waals surface area contributed by atoms with E-state index < -0.39 is 12.0 Å². The summed E-state index contributed by atoms with van der Waals surface area (Å²) < 4.78 is 0. The molecule has 0 bridgehead atoms. The Kier molecular flexibility index (Phi) is 21.6. The third-order valence-corrected chi connectivity index (χ3v) is 1.04. The molecule has 0 aromatic heterocycles. The molecular formula is C6H12KN3O3. The second-order valence-corrected chi connectivity index (χ2v) is 1.97. The van der Waals surface area contributed by atoms with Gasteiger partial charge in [0, 0.05) is 6.26 Å². The van der Waals surface area contributed by atoms with Gasteiger partial charge in [-0.1, -0.05) is 0 Å². The largest absolute Gasteiger partial charge is 1.00 e. The van der Waals surface area contributed by atoms with Crippen molar-refractivity contribution in [3.63, 3.8) is 0 Å². The van der Waals surface area contributed by atoms with E-state index in [1.54, 1.807) is 0 Å². The van der Waals surface area contributed by atoms with Gasteiger partial charge in [0.2, 0.25) is 0 Å². The number of hydrogen-bond acceptors (Lipinski definition) is 5. The fraction of sp³-hybridized carbons (Fsp3) is 0.667. The van der Waals surface area contributed by atoms with Crippen LogP contribution in [0.15, 0.2) is 0 Å². The van der Waals surface area contributed by atoms with Gasteiger partial charge in [0.1, 0.15) is 6.04 Å². The molecule has 0 aliphatic heterocycles. The number of hydrogen-bond donors (Lipinski definition) is 3. The van der Waals surface area contributed by atoms with E-state index in [0.29, 0.717) is 25.6 Å². The molecule has 0 aliphatic rings. The van der Waals surface area contributed by atoms with E-state index in [2.05, 4.69) is 0 Å². The first-order chi connectivity index (χ1) is 5.59. The molecule has 70 valence electrons. The minimum atomic E-state index is -0.955. The van der Waals surface area contributed by atoms with Crippen molar-refractivity contribution in [1.29, 1.82) is 5.26 Å². The quantitative estimate of drug-likeness (QED) is 0.316. The third kappa shape index (κ3) is 19.0. The summed E-state index contributed by atoms with van der Waals surface area (Å²) in [7, 11) is 0. The van der Waals surface area contributed by atoms with Crippen LogP contribution < -0.4 is 68.0 Å². The topological polar surface area (TPSA) is 136 Å². The van der Waals surface area contributed by atoms with E-state index >= 15 is 0 Å². The summed E-state index contributed by atoms with van der Waals surface area (Å²) >= 11 is 0. The fourth-order valence-electron chi connectivity index (χ4n) is 0.461. The van der Waals surface area contributed by atoms with Crippen molar-refractivity contribution in [2.24, 2.45) is 11.5 Å². The molecule has 5 N–H and O–H groups in total. The van der Waals surface area contributed by atoms with Crippen LogP contribution in [-0.2, 0) is 4.79 Å². The second-order valence-electron chi connectivity index (χ2n) is 1.97. The standard InChI is InChI=1S/C5H12N2O2.CHNO.K/c6-3-1-2-4(7)5(8)9;2-1-3;/h4H,1-3,6-7H2,(H,8,9);3H;/q;;+1/p-1/t4-;;/m0../s1. The van der Waals surface area contributed by atoms with Gasteiger partial charge < -0.3 is 21.7 Å². The van der Waals surface area contributed by atoms with Crippen molar-refractivity contribution in [3.8, 4) is 6.26 Å². The van der Waals surface area contributed by atoms with E-state index in [1.807, 2.05) is 0 Å². The number of nitrogens with two attached hydrogens (primary N) is 2. The van der Waals surface area contributed by atoms with Crippen molar-refractivity contribution in [1.82, 2.24) is 0 Å². The molecule has 0 aromatic carbocycles. The maximum Gasteiger partial charge on any atom is 1.00 e. The fourth-order valence-corrected chi connectivity index (χ4v) is 0.461. The minimum absolute atomic E-state index is 0. The Morgan fingerprint density at radius 3 is 2.31 bits per heavy atom. The molecular weight excluding hydrogens is 201 g/mol. The van der Waals surface area contributed by atoms with Gasteiger partial charge in [0.25, 0.3) is 0 Å². The van der Waals surface area contributed by atoms with Crippen LogP contribution >= 0.6 is 0 Å². The van der Waals surface area contributed by atoms with Gasteiger partial charge in [0.15, 0.2) is 0 Å². The summed E-state index contributed by atoms with van der Waals surface area (Å²) in [5.74, 6) is -0.955. The molecule has 0 radical (unpaired) electrons. The zero-order valence-corrected chi connectivity index (χ0v) is 10.7. The molecule has 0 saturated carbocycles. The van der Waals surface area contributed by atoms with Crippen molar-refractivity contribution < 1.29 is 66.4 Å². The average Bonchev–Trinajstić information content (AvgIpc) is 2.01. The summed E-state index contributed by atoms with van der Waals surface area (Å²) in [5.41, 5.74) is 10.3. The van der Waals surface area contributed by atoms with Crippen molar-refractivity contribution in [3.05, 3.63) is 0 Å².